The number of aromatic nitrogens is 2. The lowest BCUT2D eigenvalue weighted by Gasteiger charge is -2.44. The van der Waals surface area contributed by atoms with Gasteiger partial charge in [-0.15, -0.1) is 0 Å². The summed E-state index contributed by atoms with van der Waals surface area (Å²) in [6.07, 6.45) is 36.3. The van der Waals surface area contributed by atoms with E-state index in [2.05, 4.69) is 114 Å². The minimum absolute atomic E-state index is 0.0810. The van der Waals surface area contributed by atoms with Crippen LogP contribution in [0.25, 0.3) is 6.08 Å². The molecule has 346 valence electrons. The lowest BCUT2D eigenvalue weighted by molar-refractivity contribution is -0.0185. The van der Waals surface area contributed by atoms with Gasteiger partial charge in [0.15, 0.2) is 25.6 Å². The van der Waals surface area contributed by atoms with Gasteiger partial charge in [-0.05, 0) is 68.5 Å². The fraction of sp³-hybridized carbons (Fsp3) is 0.538. The van der Waals surface area contributed by atoms with Crippen molar-refractivity contribution in [2.24, 2.45) is 34.5 Å². The van der Waals surface area contributed by atoms with Gasteiger partial charge in [0, 0.05) is 29.7 Å². The van der Waals surface area contributed by atoms with Crippen LogP contribution in [0.1, 0.15) is 128 Å². The minimum Gasteiger partial charge on any atom is -0.464 e. The summed E-state index contributed by atoms with van der Waals surface area (Å²) in [5.41, 5.74) is -0.546. The van der Waals surface area contributed by atoms with Crippen LogP contribution in [0.3, 0.4) is 0 Å². The normalized spacial score (nSPS) is 19.5. The second-order valence-electron chi connectivity index (χ2n) is 19.5. The third kappa shape index (κ3) is 16.2. The number of aliphatic hydroxyl groups is 1. The summed E-state index contributed by atoms with van der Waals surface area (Å²) in [7, 11) is -0.722. The number of oxazole rings is 2. The van der Waals surface area contributed by atoms with E-state index < -0.39 is 37.9 Å². The highest BCUT2D eigenvalue weighted by atomic mass is 28.4. The molecule has 2 heterocycles. The van der Waals surface area contributed by atoms with E-state index in [0.29, 0.717) is 42.9 Å². The number of allylic oxidation sites excluding steroid dienone is 12. The van der Waals surface area contributed by atoms with Crippen molar-refractivity contribution in [3.05, 3.63) is 127 Å². The van der Waals surface area contributed by atoms with Gasteiger partial charge in [0.1, 0.15) is 18.6 Å². The van der Waals surface area contributed by atoms with Gasteiger partial charge in [0.05, 0.1) is 19.3 Å². The fourth-order valence-electron chi connectivity index (χ4n) is 6.60. The number of carbonyl (C=O) groups excluding carboxylic acids is 2. The Morgan fingerprint density at radius 2 is 1.46 bits per heavy atom. The molecule has 0 spiro atoms. The van der Waals surface area contributed by atoms with E-state index in [4.69, 9.17) is 18.0 Å². The Hall–Kier alpha value is -4.58. The van der Waals surface area contributed by atoms with Crippen molar-refractivity contribution in [2.45, 2.75) is 138 Å². The molecule has 0 saturated heterocycles. The molecule has 2 aromatic rings. The zero-order chi connectivity index (χ0) is 47.0. The van der Waals surface area contributed by atoms with Crippen molar-refractivity contribution in [3.8, 4) is 0 Å². The fourth-order valence-corrected chi connectivity index (χ4v) is 7.97. The Labute approximate surface area is 379 Å². The quantitative estimate of drug-likeness (QED) is 0.0470. The average molecular weight is 885 g/mol. The summed E-state index contributed by atoms with van der Waals surface area (Å²) < 4.78 is 28.6. The Morgan fingerprint density at radius 3 is 2.13 bits per heavy atom. The molecule has 0 aromatic carbocycles. The van der Waals surface area contributed by atoms with E-state index in [1.54, 1.807) is 6.08 Å². The molecule has 1 aliphatic carbocycles. The number of esters is 2. The summed E-state index contributed by atoms with van der Waals surface area (Å²) in [6, 6.07) is 0. The first kappa shape index (κ1) is 52.8. The van der Waals surface area contributed by atoms with Crippen molar-refractivity contribution < 1.29 is 37.4 Å². The van der Waals surface area contributed by atoms with E-state index in [9.17, 15) is 14.7 Å². The zero-order valence-electron chi connectivity index (χ0n) is 40.5. The van der Waals surface area contributed by atoms with Crippen LogP contribution in [-0.2, 0) is 20.3 Å². The molecular weight excluding hydrogens is 809 g/mol. The second kappa shape index (κ2) is 23.9. The number of ether oxygens (including phenoxy) is 2. The molecule has 0 radical (unpaired) electrons. The number of hydrogen-bond acceptors (Lipinski definition) is 10. The molecule has 10 nitrogen and oxygen atoms in total. The summed E-state index contributed by atoms with van der Waals surface area (Å²) in [6.45, 7) is 27.8. The number of nitrogens with zero attached hydrogens (tertiary/aromatic N) is 2. The third-order valence-corrected chi connectivity index (χ3v) is 17.2. The SMILES string of the molecule is C/C=C/[C@H](O[Si](C)(C)C(C)(C)C)C(C)(C)[C@@H](O)C/C=C\[C@H]1C[C@H]1/C=C/C=C\c1nc(C(=O)O[C@@H](C\C=C/C=C\C=C\[C@H](C)Cc2nc(C(=O)OC)co2)C(C)(C)[C@@H](C)/C=C/C)co1. The summed E-state index contributed by atoms with van der Waals surface area (Å²) in [5.74, 6) is 0.875. The van der Waals surface area contributed by atoms with Crippen LogP contribution in [0.4, 0.5) is 0 Å². The highest BCUT2D eigenvalue weighted by Crippen LogP contribution is 2.43. The van der Waals surface area contributed by atoms with Crippen molar-refractivity contribution in [1.29, 1.82) is 0 Å². The van der Waals surface area contributed by atoms with Gasteiger partial charge in [-0.25, -0.2) is 19.6 Å². The first-order valence-electron chi connectivity index (χ1n) is 22.4. The molecule has 63 heavy (non-hydrogen) atoms. The number of rotatable bonds is 24. The summed E-state index contributed by atoms with van der Waals surface area (Å²) in [5, 5.41) is 11.4. The van der Waals surface area contributed by atoms with Gasteiger partial charge in [-0.3, -0.25) is 0 Å². The van der Waals surface area contributed by atoms with Crippen molar-refractivity contribution >= 4 is 26.3 Å². The van der Waals surface area contributed by atoms with Crippen LogP contribution in [0.15, 0.2) is 113 Å². The predicted octanol–water partition coefficient (Wildman–Crippen LogP) is 12.7. The van der Waals surface area contributed by atoms with Gasteiger partial charge in [0.25, 0.3) is 0 Å². The Balaban J connectivity index is 1.53. The van der Waals surface area contributed by atoms with E-state index in [1.807, 2.05) is 81.5 Å². The van der Waals surface area contributed by atoms with Crippen LogP contribution < -0.4 is 0 Å². The van der Waals surface area contributed by atoms with Crippen LogP contribution in [-0.4, -0.2) is 60.8 Å². The highest BCUT2D eigenvalue weighted by molar-refractivity contribution is 6.74. The largest absolute Gasteiger partial charge is 0.464 e. The predicted molar refractivity (Wildman–Crippen MR) is 256 cm³/mol. The van der Waals surface area contributed by atoms with Crippen molar-refractivity contribution in [3.63, 3.8) is 0 Å². The standard InChI is InChI=1S/C52H76N2O8Si/c1-15-25-38(4)51(8,9)44(31-21-19-17-18-20-27-37(3)33-47-54-41(35-60-47)48(56)58-12)61-49(57)42-36-59-46(53-42)32-23-22-28-39-34-40(39)29-24-30-43(55)52(10,11)45(26-16-2)62-63(13,14)50(5,6)7/h15-29,32,35-40,43-45,55H,30-31,33-34H2,1-14H3/b18-17-,21-19-,25-15+,26-16+,27-20+,28-22+,29-24-,32-23-/t37-,38-,39+,40-,43-,44-,45-/m0/s1. The van der Waals surface area contributed by atoms with E-state index in [1.165, 1.54) is 19.6 Å². The first-order valence-corrected chi connectivity index (χ1v) is 25.3. The molecule has 2 aromatic heterocycles. The van der Waals surface area contributed by atoms with Gasteiger partial charge < -0.3 is 27.8 Å². The molecule has 1 saturated carbocycles. The topological polar surface area (TPSA) is 134 Å². The summed E-state index contributed by atoms with van der Waals surface area (Å²) in [4.78, 5) is 33.6. The first-order chi connectivity index (χ1) is 29.6. The van der Waals surface area contributed by atoms with E-state index in [-0.39, 0.29) is 39.8 Å². The van der Waals surface area contributed by atoms with E-state index in [0.717, 1.165) is 6.42 Å². The molecule has 1 fully saturated rings. The molecule has 1 N–H and O–H groups in total. The molecular formula is C52H76N2O8Si. The third-order valence-electron chi connectivity index (χ3n) is 12.7. The lowest BCUT2D eigenvalue weighted by Crippen LogP contribution is -2.50. The van der Waals surface area contributed by atoms with Gasteiger partial charge in [0.2, 0.25) is 5.89 Å². The number of aliphatic hydroxyl groups excluding tert-OH is 1. The van der Waals surface area contributed by atoms with Crippen LogP contribution >= 0.6 is 0 Å². The maximum absolute atomic E-state index is 13.4. The molecule has 0 aliphatic heterocycles. The molecule has 0 unspecified atom stereocenters. The van der Waals surface area contributed by atoms with Crippen LogP contribution in [0, 0.1) is 34.5 Å². The van der Waals surface area contributed by atoms with Crippen molar-refractivity contribution in [1.82, 2.24) is 9.97 Å². The average Bonchev–Trinajstić information content (AvgIpc) is 3.52. The molecule has 11 heteroatoms. The van der Waals surface area contributed by atoms with Gasteiger partial charge in [-0.2, -0.15) is 0 Å². The smallest absolute Gasteiger partial charge is 0.360 e. The van der Waals surface area contributed by atoms with Gasteiger partial charge >= 0.3 is 11.9 Å². The minimum atomic E-state index is -2.03. The highest BCUT2D eigenvalue weighted by Gasteiger charge is 2.44. The second-order valence-corrected chi connectivity index (χ2v) is 24.2. The van der Waals surface area contributed by atoms with E-state index >= 15 is 0 Å². The monoisotopic (exact) mass is 885 g/mol. The van der Waals surface area contributed by atoms with Crippen LogP contribution in [0.2, 0.25) is 18.1 Å². The molecule has 7 atom stereocenters. The molecule has 0 amide bonds. The Morgan fingerprint density at radius 1 is 0.810 bits per heavy atom. The summed E-state index contributed by atoms with van der Waals surface area (Å²) >= 11 is 0. The number of hydrogen-bond donors (Lipinski definition) is 1. The Kier molecular flexibility index (Phi) is 20.0. The van der Waals surface area contributed by atoms with Crippen LogP contribution in [0.5, 0.6) is 0 Å². The Bertz CT molecular complexity index is 2000. The molecule has 3 rings (SSSR count). The number of carbonyl (C=O) groups is 2. The molecule has 1 aliphatic rings. The number of methoxy groups -OCH3 is 1. The maximum Gasteiger partial charge on any atom is 0.360 e. The maximum atomic E-state index is 13.4. The van der Waals surface area contributed by atoms with Gasteiger partial charge in [-0.1, -0.05) is 153 Å². The molecule has 0 bridgehead atoms. The zero-order valence-corrected chi connectivity index (χ0v) is 41.5. The van der Waals surface area contributed by atoms with Crippen molar-refractivity contribution in [2.75, 3.05) is 7.11 Å². The lowest BCUT2D eigenvalue weighted by atomic mass is 9.74.